The van der Waals surface area contributed by atoms with Crippen LogP contribution in [0.2, 0.25) is 0 Å². The summed E-state index contributed by atoms with van der Waals surface area (Å²) in [5.41, 5.74) is 0. The van der Waals surface area contributed by atoms with Crippen molar-refractivity contribution in [1.82, 2.24) is 10.2 Å². The molecule has 3 heteroatoms. The second-order valence-corrected chi connectivity index (χ2v) is 3.99. The van der Waals surface area contributed by atoms with Gasteiger partial charge in [0.05, 0.1) is 0 Å². The van der Waals surface area contributed by atoms with E-state index in [1.54, 1.807) is 0 Å². The van der Waals surface area contributed by atoms with Crippen LogP contribution >= 0.6 is 0 Å². The van der Waals surface area contributed by atoms with Gasteiger partial charge in [0.25, 0.3) is 0 Å². The number of nitrogens with zero attached hydrogens (tertiary/aromatic N) is 2. The zero-order valence-electron chi connectivity index (χ0n) is 9.28. The van der Waals surface area contributed by atoms with E-state index in [0.29, 0.717) is 12.6 Å². The first-order chi connectivity index (χ1) is 6.88. The number of rotatable bonds is 6. The second kappa shape index (κ2) is 7.21. The van der Waals surface area contributed by atoms with Crippen molar-refractivity contribution in [3.63, 3.8) is 0 Å². The Balaban J connectivity index is 2.13. The third-order valence-electron chi connectivity index (χ3n) is 3.00. The average Bonchev–Trinajstić information content (AvgIpc) is 2.25. The van der Waals surface area contributed by atoms with Gasteiger partial charge in [0, 0.05) is 32.3 Å². The van der Waals surface area contributed by atoms with Crippen LogP contribution < -0.4 is 5.32 Å². The molecule has 1 atom stereocenters. The van der Waals surface area contributed by atoms with E-state index in [1.165, 1.54) is 12.8 Å². The lowest BCUT2D eigenvalue weighted by atomic mass is 10.1. The summed E-state index contributed by atoms with van der Waals surface area (Å²) in [6.45, 7) is 6.90. The molecule has 0 aliphatic carbocycles. The fraction of sp³-hybridized carbons (Fsp3) is 1.00. The van der Waals surface area contributed by atoms with Crippen molar-refractivity contribution >= 4 is 0 Å². The van der Waals surface area contributed by atoms with Gasteiger partial charge in [-0.1, -0.05) is 19.8 Å². The van der Waals surface area contributed by atoms with Gasteiger partial charge in [-0.2, -0.15) is 0 Å². The lowest BCUT2D eigenvalue weighted by Crippen LogP contribution is -2.48. The van der Waals surface area contributed by atoms with Gasteiger partial charge in [-0.3, -0.25) is 4.90 Å². The van der Waals surface area contributed by atoms with E-state index in [9.17, 15) is 0 Å². The van der Waals surface area contributed by atoms with E-state index in [2.05, 4.69) is 17.1 Å². The zero-order valence-corrected chi connectivity index (χ0v) is 9.28. The van der Waals surface area contributed by atoms with Gasteiger partial charge in [-0.05, 0) is 19.4 Å². The zero-order chi connectivity index (χ0) is 10.2. The Kier molecular flexibility index (Phi) is 6.15. The molecule has 1 unspecified atom stereocenters. The van der Waals surface area contributed by atoms with Crippen molar-refractivity contribution in [2.75, 3.05) is 32.8 Å². The third-order valence-corrected chi connectivity index (χ3v) is 3.00. The monoisotopic (exact) mass is 199 g/mol. The molecule has 0 aromatic rings. The van der Waals surface area contributed by atoms with E-state index in [1.807, 2.05) is 0 Å². The molecule has 0 amide bonds. The normalized spacial score (nSPS) is 24.0. The first-order valence-electron chi connectivity index (χ1n) is 5.86. The minimum Gasteiger partial charge on any atom is -0.396 e. The van der Waals surface area contributed by atoms with Gasteiger partial charge in [-0.25, -0.2) is 5.32 Å². The van der Waals surface area contributed by atoms with E-state index in [-0.39, 0.29) is 0 Å². The molecule has 0 bridgehead atoms. The lowest BCUT2D eigenvalue weighted by Gasteiger charge is -2.34. The minimum absolute atomic E-state index is 0.340. The van der Waals surface area contributed by atoms with Crippen molar-refractivity contribution in [3.8, 4) is 0 Å². The van der Waals surface area contributed by atoms with Crippen molar-refractivity contribution in [2.24, 2.45) is 0 Å². The number of unbranched alkanes of at least 4 members (excludes halogenated alkanes) is 2. The molecular formula is C11H23N2O. The topological polar surface area (TPSA) is 37.6 Å². The molecule has 1 saturated heterocycles. The summed E-state index contributed by atoms with van der Waals surface area (Å²) in [4.78, 5) is 2.53. The maximum Gasteiger partial charge on any atom is 0.0431 e. The smallest absolute Gasteiger partial charge is 0.0431 e. The number of likely N-dealkylation sites (N-methyl/N-ethyl adjacent to an activating group) is 1. The number of hydrogen-bond donors (Lipinski definition) is 1. The van der Waals surface area contributed by atoms with Gasteiger partial charge in [0.1, 0.15) is 0 Å². The molecule has 14 heavy (non-hydrogen) atoms. The SMILES string of the molecule is CCN1CC[N]CC1CCCCCO. The molecule has 0 saturated carbocycles. The van der Waals surface area contributed by atoms with Crippen LogP contribution in [-0.4, -0.2) is 48.8 Å². The molecule has 1 aliphatic heterocycles. The van der Waals surface area contributed by atoms with Gasteiger partial charge in [0.15, 0.2) is 0 Å². The maximum absolute atomic E-state index is 8.67. The number of aliphatic hydroxyl groups is 1. The molecule has 83 valence electrons. The summed E-state index contributed by atoms with van der Waals surface area (Å²) >= 11 is 0. The van der Waals surface area contributed by atoms with Gasteiger partial charge in [-0.15, -0.1) is 0 Å². The van der Waals surface area contributed by atoms with Crippen LogP contribution in [0.5, 0.6) is 0 Å². The Morgan fingerprint density at radius 2 is 2.21 bits per heavy atom. The summed E-state index contributed by atoms with van der Waals surface area (Å²) < 4.78 is 0. The standard InChI is InChI=1S/C11H23N2O/c1-2-13-8-7-12-10-11(13)6-4-3-5-9-14/h11,14H,2-10H2,1H3. The van der Waals surface area contributed by atoms with Crippen LogP contribution in [0.1, 0.15) is 32.6 Å². The molecule has 1 rings (SSSR count). The van der Waals surface area contributed by atoms with Gasteiger partial charge in [0.2, 0.25) is 0 Å². The van der Waals surface area contributed by atoms with Crippen LogP contribution in [0.25, 0.3) is 0 Å². The van der Waals surface area contributed by atoms with Crippen LogP contribution in [-0.2, 0) is 0 Å². The Bertz CT molecular complexity index is 141. The van der Waals surface area contributed by atoms with Crippen LogP contribution in [0.3, 0.4) is 0 Å². The summed E-state index contributed by atoms with van der Waals surface area (Å²) in [7, 11) is 0. The van der Waals surface area contributed by atoms with Gasteiger partial charge >= 0.3 is 0 Å². The fourth-order valence-corrected chi connectivity index (χ4v) is 2.10. The van der Waals surface area contributed by atoms with E-state index in [4.69, 9.17) is 5.11 Å². The Morgan fingerprint density at radius 1 is 1.36 bits per heavy atom. The van der Waals surface area contributed by atoms with Crippen molar-refractivity contribution in [2.45, 2.75) is 38.6 Å². The Labute approximate surface area is 87.5 Å². The average molecular weight is 199 g/mol. The Hall–Kier alpha value is -0.120. The highest BCUT2D eigenvalue weighted by Crippen LogP contribution is 2.12. The van der Waals surface area contributed by atoms with Crippen molar-refractivity contribution in [3.05, 3.63) is 0 Å². The lowest BCUT2D eigenvalue weighted by molar-refractivity contribution is 0.155. The maximum atomic E-state index is 8.67. The van der Waals surface area contributed by atoms with Crippen molar-refractivity contribution in [1.29, 1.82) is 0 Å². The first-order valence-corrected chi connectivity index (χ1v) is 5.86. The quantitative estimate of drug-likeness (QED) is 0.644. The highest BCUT2D eigenvalue weighted by Gasteiger charge is 2.20. The van der Waals surface area contributed by atoms with E-state index in [0.717, 1.165) is 39.0 Å². The van der Waals surface area contributed by atoms with E-state index >= 15 is 0 Å². The molecule has 1 N–H and O–H groups in total. The minimum atomic E-state index is 0.340. The fourth-order valence-electron chi connectivity index (χ4n) is 2.10. The van der Waals surface area contributed by atoms with Crippen molar-refractivity contribution < 1.29 is 5.11 Å². The molecule has 1 radical (unpaired) electrons. The first kappa shape index (κ1) is 12.0. The molecular weight excluding hydrogens is 176 g/mol. The molecule has 1 heterocycles. The highest BCUT2D eigenvalue weighted by molar-refractivity contribution is 4.78. The molecule has 0 aromatic carbocycles. The molecule has 1 fully saturated rings. The highest BCUT2D eigenvalue weighted by atomic mass is 16.2. The summed E-state index contributed by atoms with van der Waals surface area (Å²) in [6.07, 6.45) is 4.59. The van der Waals surface area contributed by atoms with Crippen LogP contribution in [0.4, 0.5) is 0 Å². The predicted octanol–water partition coefficient (Wildman–Crippen LogP) is 0.848. The summed E-state index contributed by atoms with van der Waals surface area (Å²) in [5.74, 6) is 0. The molecule has 3 nitrogen and oxygen atoms in total. The second-order valence-electron chi connectivity index (χ2n) is 3.99. The van der Waals surface area contributed by atoms with Crippen LogP contribution in [0.15, 0.2) is 0 Å². The largest absolute Gasteiger partial charge is 0.396 e. The molecule has 0 aromatic heterocycles. The van der Waals surface area contributed by atoms with Crippen LogP contribution in [0, 0.1) is 0 Å². The van der Waals surface area contributed by atoms with E-state index < -0.39 is 0 Å². The number of piperazine rings is 1. The molecule has 0 spiro atoms. The number of aliphatic hydroxyl groups excluding tert-OH is 1. The predicted molar refractivity (Wildman–Crippen MR) is 58.5 cm³/mol. The van der Waals surface area contributed by atoms with Gasteiger partial charge < -0.3 is 5.11 Å². The summed E-state index contributed by atoms with van der Waals surface area (Å²) in [5, 5.41) is 13.1. The Morgan fingerprint density at radius 3 is 2.93 bits per heavy atom. The summed E-state index contributed by atoms with van der Waals surface area (Å²) in [6, 6.07) is 0.674. The third kappa shape index (κ3) is 3.95. The number of hydrogen-bond acceptors (Lipinski definition) is 2. The molecule has 1 aliphatic rings.